The molecule has 15 nitrogen and oxygen atoms in total. The first-order chi connectivity index (χ1) is 30.2. The van der Waals surface area contributed by atoms with Gasteiger partial charge in [0.2, 0.25) is 17.4 Å². The zero-order valence-electron chi connectivity index (χ0n) is 35.6. The summed E-state index contributed by atoms with van der Waals surface area (Å²) in [4.78, 5) is 40.9. The van der Waals surface area contributed by atoms with E-state index in [1.54, 1.807) is 0 Å². The normalized spacial score (nSPS) is 16.1. The maximum atomic E-state index is 6.34. The molecular weight excluding hydrogens is 866 g/mol. The second-order valence-corrected chi connectivity index (χ2v) is 17.5. The molecule has 13 rings (SSSR count). The van der Waals surface area contributed by atoms with Crippen LogP contribution in [-0.4, -0.2) is 47.3 Å². The fourth-order valence-corrected chi connectivity index (χ4v) is 8.60. The Bertz CT molecular complexity index is 3560. The first-order valence-electron chi connectivity index (χ1n) is 20.5. The summed E-state index contributed by atoms with van der Waals surface area (Å²) in [6.45, 7) is 13.2. The average Bonchev–Trinajstić information content (AvgIpc) is 4.07. The van der Waals surface area contributed by atoms with Gasteiger partial charge in [-0.1, -0.05) is 17.7 Å². The van der Waals surface area contributed by atoms with Gasteiger partial charge in [0, 0.05) is 86.4 Å². The van der Waals surface area contributed by atoms with Crippen LogP contribution in [0.3, 0.4) is 0 Å². The first kappa shape index (κ1) is 38.4. The van der Waals surface area contributed by atoms with Crippen LogP contribution in [0.25, 0.3) is 89.7 Å². The van der Waals surface area contributed by atoms with E-state index in [1.165, 1.54) is 0 Å². The predicted octanol–water partition coefficient (Wildman–Crippen LogP) is 9.75. The molecule has 0 saturated heterocycles. The first-order valence-corrected chi connectivity index (χ1v) is 20.5. The molecule has 8 heterocycles. The molecule has 0 spiro atoms. The zero-order valence-corrected chi connectivity index (χ0v) is 38.6. The van der Waals surface area contributed by atoms with E-state index in [0.717, 1.165) is 11.1 Å². The Kier molecular flexibility index (Phi) is 7.72. The summed E-state index contributed by atoms with van der Waals surface area (Å²) in [7, 11) is 0. The van der Waals surface area contributed by atoms with Crippen molar-refractivity contribution in [2.45, 2.75) is 65.8 Å². The molecule has 64 heavy (non-hydrogen) atoms. The molecule has 5 aromatic carbocycles. The third-order valence-corrected chi connectivity index (χ3v) is 11.3. The summed E-state index contributed by atoms with van der Waals surface area (Å²) in [5, 5.41) is 2.70. The number of benzene rings is 5. The van der Waals surface area contributed by atoms with Crippen LogP contribution in [-0.2, 0) is 19.5 Å². The number of aryl methyl sites for hydroxylation is 1. The molecule has 16 heteroatoms. The number of hydrogen-bond acceptors (Lipinski definition) is 13. The second-order valence-electron chi connectivity index (χ2n) is 17.5. The van der Waals surface area contributed by atoms with Crippen LogP contribution in [0, 0.1) is 6.92 Å². The minimum absolute atomic E-state index is 0. The smallest absolute Gasteiger partial charge is 0.457 e. The Morgan fingerprint density at radius 3 is 1.11 bits per heavy atom. The van der Waals surface area contributed by atoms with Crippen molar-refractivity contribution in [1.29, 1.82) is 0 Å². The summed E-state index contributed by atoms with van der Waals surface area (Å²) in [6.07, 6.45) is 0. The standard InChI is InChI=1S/C48H34N8O7.Zn/c1-21-8-10-22(11-9-21)57-23-12-13-24-25(14-23)39-49-38(24)50-40-26-15-32-33(59-46(2,3)58-32)16-27(26)42(52-40)54-44-30-19-36-37(63-48(6,7)62-36)20-31(30)45(56-44)55-43-29-18-35-34(60-47(4,5)61-35)17-28(29)41(51-39)53-43;/h8-20H,1-7H3;/q-2;+2. The Labute approximate surface area is 376 Å². The van der Waals surface area contributed by atoms with E-state index in [2.05, 4.69) is 0 Å². The van der Waals surface area contributed by atoms with E-state index in [1.807, 2.05) is 127 Å². The molecule has 310 valence electrons. The van der Waals surface area contributed by atoms with Crippen molar-refractivity contribution < 1.29 is 52.6 Å². The van der Waals surface area contributed by atoms with Crippen LogP contribution in [0.15, 0.2) is 78.9 Å². The summed E-state index contributed by atoms with van der Waals surface area (Å²) >= 11 is 0. The van der Waals surface area contributed by atoms with Crippen molar-refractivity contribution in [3.8, 4) is 91.5 Å². The maximum absolute atomic E-state index is 6.34. The van der Waals surface area contributed by atoms with Gasteiger partial charge in [-0.05, 0) is 95.2 Å². The van der Waals surface area contributed by atoms with Crippen LogP contribution in [0.4, 0.5) is 0 Å². The van der Waals surface area contributed by atoms with E-state index >= 15 is 0 Å². The fourth-order valence-electron chi connectivity index (χ4n) is 8.60. The predicted molar refractivity (Wildman–Crippen MR) is 231 cm³/mol. The van der Waals surface area contributed by atoms with Crippen LogP contribution in [0.5, 0.6) is 46.0 Å². The van der Waals surface area contributed by atoms with Gasteiger partial charge in [0.25, 0.3) is 0 Å². The second kappa shape index (κ2) is 12.9. The Morgan fingerprint density at radius 1 is 0.391 bits per heavy atom. The quantitative estimate of drug-likeness (QED) is 0.150. The molecule has 0 atom stereocenters. The summed E-state index contributed by atoms with van der Waals surface area (Å²) in [6, 6.07) is 24.9. The zero-order chi connectivity index (χ0) is 42.7. The van der Waals surface area contributed by atoms with Crippen molar-refractivity contribution in [2.24, 2.45) is 0 Å². The van der Waals surface area contributed by atoms with Gasteiger partial charge in [0.05, 0.1) is 23.3 Å². The third kappa shape index (κ3) is 6.03. The van der Waals surface area contributed by atoms with Crippen LogP contribution < -0.4 is 43.1 Å². The largest absolute Gasteiger partial charge is 2.00 e. The van der Waals surface area contributed by atoms with Gasteiger partial charge in [-0.15, -0.1) is 0 Å². The van der Waals surface area contributed by atoms with E-state index in [9.17, 15) is 0 Å². The molecule has 0 aliphatic carbocycles. The van der Waals surface area contributed by atoms with E-state index in [4.69, 9.17) is 73.0 Å². The van der Waals surface area contributed by atoms with Crippen molar-refractivity contribution in [1.82, 2.24) is 39.9 Å². The number of fused-ring (bicyclic) bond motifs is 23. The van der Waals surface area contributed by atoms with Crippen molar-refractivity contribution in [3.63, 3.8) is 0 Å². The molecular formula is C48H34N8O7Zn. The number of rotatable bonds is 2. The molecule has 0 unspecified atom stereocenters. The molecule has 8 bridgehead atoms. The number of ether oxygens (including phenoxy) is 7. The van der Waals surface area contributed by atoms with Gasteiger partial charge < -0.3 is 63.1 Å². The molecule has 0 fully saturated rings. The molecule has 8 aromatic rings. The van der Waals surface area contributed by atoms with Gasteiger partial charge in [-0.25, -0.2) is 9.97 Å². The van der Waals surface area contributed by atoms with Crippen LogP contribution in [0.2, 0.25) is 0 Å². The Morgan fingerprint density at radius 2 is 0.719 bits per heavy atom. The topological polar surface area (TPSA) is 170 Å². The summed E-state index contributed by atoms with van der Waals surface area (Å²) in [5.41, 5.74) is 5.32. The van der Waals surface area contributed by atoms with E-state index < -0.39 is 17.4 Å². The van der Waals surface area contributed by atoms with E-state index in [-0.39, 0.29) is 19.5 Å². The molecule has 3 aromatic heterocycles. The number of nitrogens with zero attached hydrogens (tertiary/aromatic N) is 8. The SMILES string of the molecule is Cc1ccc(Oc2ccc3c(c2)-c2nc-3nc3[n-]c(nc4nc(nc5[n-]c(n2)c2cc6c(cc52)OC(C)(C)O6)-c2cc5c(cc2-4)OC(C)(C)O5)c2cc4c(cc32)OC(C)(C)O4)cc1.[Zn+2]. The monoisotopic (exact) mass is 898 g/mol. The molecule has 5 aliphatic heterocycles. The Hall–Kier alpha value is -7.32. The molecule has 0 saturated carbocycles. The molecule has 0 N–H and O–H groups in total. The van der Waals surface area contributed by atoms with E-state index in [0.29, 0.717) is 130 Å². The van der Waals surface area contributed by atoms with Crippen molar-refractivity contribution in [2.75, 3.05) is 0 Å². The van der Waals surface area contributed by atoms with Gasteiger partial charge in [0.1, 0.15) is 11.5 Å². The number of hydrogen-bond donors (Lipinski definition) is 0. The van der Waals surface area contributed by atoms with Gasteiger partial charge in [0.15, 0.2) is 34.5 Å². The summed E-state index contributed by atoms with van der Waals surface area (Å²) in [5.74, 6) is 3.45. The maximum Gasteiger partial charge on any atom is 2.00 e. The summed E-state index contributed by atoms with van der Waals surface area (Å²) < 4.78 is 43.5. The molecule has 0 radical (unpaired) electrons. The van der Waals surface area contributed by atoms with Crippen molar-refractivity contribution in [3.05, 3.63) is 84.4 Å². The molecule has 0 amide bonds. The number of aromatic nitrogens is 8. The van der Waals surface area contributed by atoms with Crippen LogP contribution >= 0.6 is 0 Å². The third-order valence-electron chi connectivity index (χ3n) is 11.3. The molecule has 5 aliphatic rings. The van der Waals surface area contributed by atoms with Gasteiger partial charge in [-0.2, -0.15) is 0 Å². The van der Waals surface area contributed by atoms with Crippen LogP contribution in [0.1, 0.15) is 47.1 Å². The average molecular weight is 900 g/mol. The minimum Gasteiger partial charge on any atom is -0.457 e. The Balaban J connectivity index is 0.00000433. The van der Waals surface area contributed by atoms with Gasteiger partial charge in [-0.3, -0.25) is 0 Å². The fraction of sp³-hybridized carbons (Fsp3) is 0.208. The minimum atomic E-state index is -0.882. The van der Waals surface area contributed by atoms with Gasteiger partial charge >= 0.3 is 19.5 Å². The van der Waals surface area contributed by atoms with Crippen molar-refractivity contribution >= 4 is 44.1 Å².